The third kappa shape index (κ3) is 1.93. The van der Waals surface area contributed by atoms with Gasteiger partial charge >= 0.3 is 0 Å². The van der Waals surface area contributed by atoms with Crippen LogP contribution in [0.15, 0.2) is 96.6 Å². The van der Waals surface area contributed by atoms with E-state index < -0.39 is 22.2 Å². The lowest BCUT2D eigenvalue weighted by Crippen LogP contribution is -2.60. The monoisotopic (exact) mass is 418 g/mol. The van der Waals surface area contributed by atoms with Crippen LogP contribution < -0.4 is 0 Å². The van der Waals surface area contributed by atoms with Gasteiger partial charge < -0.3 is 0 Å². The molecule has 0 saturated heterocycles. The molecule has 0 amide bonds. The van der Waals surface area contributed by atoms with Crippen LogP contribution in [0.4, 0.5) is 0 Å². The third-order valence-corrected chi connectivity index (χ3v) is 8.76. The minimum atomic E-state index is -0.850. The van der Waals surface area contributed by atoms with Crippen molar-refractivity contribution < 1.29 is 9.59 Å². The number of allylic oxidation sites excluding steroid dienone is 2. The molecule has 32 heavy (non-hydrogen) atoms. The molecular formula is C30H26O2. The summed E-state index contributed by atoms with van der Waals surface area (Å²) in [6, 6.07) is 28.9. The van der Waals surface area contributed by atoms with Gasteiger partial charge in [-0.3, -0.25) is 9.59 Å². The van der Waals surface area contributed by atoms with Crippen LogP contribution in [0.25, 0.3) is 0 Å². The van der Waals surface area contributed by atoms with E-state index in [2.05, 4.69) is 67.6 Å². The third-order valence-electron chi connectivity index (χ3n) is 8.76. The van der Waals surface area contributed by atoms with Gasteiger partial charge in [0.1, 0.15) is 0 Å². The Morgan fingerprint density at radius 3 is 1.94 bits per heavy atom. The van der Waals surface area contributed by atoms with Crippen LogP contribution in [0.3, 0.4) is 0 Å². The van der Waals surface area contributed by atoms with E-state index in [9.17, 15) is 9.59 Å². The summed E-state index contributed by atoms with van der Waals surface area (Å²) in [6.07, 6.45) is 2.17. The van der Waals surface area contributed by atoms with E-state index in [1.54, 1.807) is 0 Å². The highest BCUT2D eigenvalue weighted by atomic mass is 16.1. The minimum Gasteiger partial charge on any atom is -0.298 e. The highest BCUT2D eigenvalue weighted by molar-refractivity contribution is 6.12. The van der Waals surface area contributed by atoms with Crippen molar-refractivity contribution >= 4 is 11.6 Å². The Balaban J connectivity index is 1.84. The Morgan fingerprint density at radius 1 is 0.719 bits per heavy atom. The summed E-state index contributed by atoms with van der Waals surface area (Å²) in [5.41, 5.74) is 3.03. The van der Waals surface area contributed by atoms with Crippen LogP contribution >= 0.6 is 0 Å². The van der Waals surface area contributed by atoms with Crippen LogP contribution in [0.1, 0.15) is 48.9 Å². The van der Waals surface area contributed by atoms with Crippen LogP contribution in [0.5, 0.6) is 0 Å². The highest BCUT2D eigenvalue weighted by Crippen LogP contribution is 2.75. The molecule has 3 aliphatic rings. The fourth-order valence-corrected chi connectivity index (χ4v) is 7.58. The second kappa shape index (κ2) is 6.16. The Bertz CT molecular complexity index is 1300. The lowest BCUT2D eigenvalue weighted by Gasteiger charge is -2.59. The number of carbonyl (C=O) groups is 2. The molecule has 2 nitrogen and oxygen atoms in total. The van der Waals surface area contributed by atoms with Gasteiger partial charge in [0, 0.05) is 16.7 Å². The maximum absolute atomic E-state index is 14.5. The molecule has 6 rings (SSSR count). The predicted molar refractivity (Wildman–Crippen MR) is 126 cm³/mol. The molecule has 1 fully saturated rings. The summed E-state index contributed by atoms with van der Waals surface area (Å²) in [7, 11) is 0. The molecule has 0 heterocycles. The molecule has 0 spiro atoms. The highest BCUT2D eigenvalue weighted by Gasteiger charge is 2.77. The van der Waals surface area contributed by atoms with Crippen molar-refractivity contribution in [3.63, 3.8) is 0 Å². The van der Waals surface area contributed by atoms with E-state index in [4.69, 9.17) is 0 Å². The second-order valence-electron chi connectivity index (χ2n) is 10.0. The van der Waals surface area contributed by atoms with Crippen molar-refractivity contribution in [1.29, 1.82) is 0 Å². The van der Waals surface area contributed by atoms with E-state index in [-0.39, 0.29) is 17.5 Å². The summed E-state index contributed by atoms with van der Waals surface area (Å²) in [6.45, 7) is 6.14. The number of carbonyl (C=O) groups excluding carboxylic acids is 2. The van der Waals surface area contributed by atoms with E-state index in [0.717, 1.165) is 27.8 Å². The molecule has 158 valence electrons. The fourth-order valence-electron chi connectivity index (χ4n) is 7.58. The van der Waals surface area contributed by atoms with Gasteiger partial charge in [0.2, 0.25) is 0 Å². The van der Waals surface area contributed by atoms with Crippen LogP contribution in [-0.2, 0) is 20.4 Å². The van der Waals surface area contributed by atoms with E-state index in [1.807, 2.05) is 44.2 Å². The van der Waals surface area contributed by atoms with Crippen molar-refractivity contribution in [2.24, 2.45) is 11.3 Å². The molecule has 3 aromatic carbocycles. The summed E-state index contributed by atoms with van der Waals surface area (Å²) in [5.74, 6) is -0.506. The van der Waals surface area contributed by atoms with Gasteiger partial charge in [-0.15, -0.1) is 0 Å². The second-order valence-corrected chi connectivity index (χ2v) is 10.0. The van der Waals surface area contributed by atoms with Gasteiger partial charge in [-0.25, -0.2) is 0 Å². The Kier molecular flexibility index (Phi) is 3.74. The molecule has 0 N–H and O–H groups in total. The average Bonchev–Trinajstić information content (AvgIpc) is 2.98. The van der Waals surface area contributed by atoms with Crippen LogP contribution in [0.2, 0.25) is 0 Å². The molecule has 0 radical (unpaired) electrons. The first-order chi connectivity index (χ1) is 15.4. The predicted octanol–water partition coefficient (Wildman–Crippen LogP) is 5.76. The first kappa shape index (κ1) is 19.4. The molecule has 0 unspecified atom stereocenters. The maximum atomic E-state index is 14.5. The Morgan fingerprint density at radius 2 is 1.28 bits per heavy atom. The Labute approximate surface area is 189 Å². The number of hydrogen-bond acceptors (Lipinski definition) is 2. The van der Waals surface area contributed by atoms with Gasteiger partial charge in [-0.2, -0.15) is 0 Å². The standard InChI is InChI=1S/C30H26O2/c1-19-18-30(21-14-8-5-9-15-21)23-17-11-10-16-22(23)28(2)26(25(19)31)29(30,3)24(27(28)32)20-12-6-4-7-13-20/h4-18,24,26H,1-3H3/t24-,26+,28-,29-,30+/m0/s1. The van der Waals surface area contributed by atoms with Crippen molar-refractivity contribution in [3.05, 3.63) is 119 Å². The summed E-state index contributed by atoms with van der Waals surface area (Å²) in [5, 5.41) is 0. The summed E-state index contributed by atoms with van der Waals surface area (Å²) in [4.78, 5) is 28.4. The average molecular weight is 419 g/mol. The normalized spacial score (nSPS) is 34.8. The molecule has 3 aliphatic carbocycles. The molecule has 1 saturated carbocycles. The molecule has 0 aliphatic heterocycles. The molecule has 4 bridgehead atoms. The number of Topliss-reactive ketones (excluding diaryl/α,β-unsaturated/α-hetero) is 2. The van der Waals surface area contributed by atoms with Gasteiger partial charge in [0.25, 0.3) is 0 Å². The number of ketones is 2. The lowest BCUT2D eigenvalue weighted by molar-refractivity contribution is -0.130. The van der Waals surface area contributed by atoms with Crippen molar-refractivity contribution in [2.45, 2.75) is 37.5 Å². The zero-order chi connectivity index (χ0) is 22.3. The van der Waals surface area contributed by atoms with Crippen molar-refractivity contribution in [1.82, 2.24) is 0 Å². The molecule has 3 aromatic rings. The quantitative estimate of drug-likeness (QED) is 0.530. The zero-order valence-corrected chi connectivity index (χ0v) is 18.6. The lowest BCUT2D eigenvalue weighted by atomic mass is 9.41. The summed E-state index contributed by atoms with van der Waals surface area (Å²) >= 11 is 0. The fraction of sp³-hybridized carbons (Fsp3) is 0.267. The molecule has 2 heteroatoms. The van der Waals surface area contributed by atoms with Gasteiger partial charge in [0.15, 0.2) is 11.6 Å². The number of benzene rings is 3. The van der Waals surface area contributed by atoms with Crippen molar-refractivity contribution in [2.75, 3.05) is 0 Å². The van der Waals surface area contributed by atoms with Crippen LogP contribution in [0, 0.1) is 11.3 Å². The summed E-state index contributed by atoms with van der Waals surface area (Å²) < 4.78 is 0. The SMILES string of the molecule is CC1=C[C@@]2(c3ccccc3)c3ccccc3[C@]3(C)C(=O)[C@H](c4ccccc4)[C@@]2(C)[C@@H]3C1=O. The molecular weight excluding hydrogens is 392 g/mol. The van der Waals surface area contributed by atoms with Crippen molar-refractivity contribution in [3.8, 4) is 0 Å². The topological polar surface area (TPSA) is 34.1 Å². The Hall–Kier alpha value is -3.26. The van der Waals surface area contributed by atoms with E-state index >= 15 is 0 Å². The first-order valence-corrected chi connectivity index (χ1v) is 11.4. The van der Waals surface area contributed by atoms with E-state index in [1.165, 1.54) is 0 Å². The van der Waals surface area contributed by atoms with Gasteiger partial charge in [0.05, 0.1) is 11.3 Å². The minimum absolute atomic E-state index is 0.114. The number of fused-ring (bicyclic) bond motifs is 3. The van der Waals surface area contributed by atoms with Gasteiger partial charge in [-0.05, 0) is 41.7 Å². The van der Waals surface area contributed by atoms with Gasteiger partial charge in [-0.1, -0.05) is 97.9 Å². The first-order valence-electron chi connectivity index (χ1n) is 11.4. The molecule has 0 aromatic heterocycles. The smallest absolute Gasteiger partial charge is 0.163 e. The maximum Gasteiger partial charge on any atom is 0.163 e. The number of rotatable bonds is 2. The number of hydrogen-bond donors (Lipinski definition) is 0. The largest absolute Gasteiger partial charge is 0.298 e. The molecule has 5 atom stereocenters. The zero-order valence-electron chi connectivity index (χ0n) is 18.6. The van der Waals surface area contributed by atoms with Crippen LogP contribution in [-0.4, -0.2) is 11.6 Å². The van der Waals surface area contributed by atoms with E-state index in [0.29, 0.717) is 0 Å².